The second-order valence-electron chi connectivity index (χ2n) is 2.42. The van der Waals surface area contributed by atoms with E-state index in [1.807, 2.05) is 0 Å². The molecule has 0 saturated carbocycles. The van der Waals surface area contributed by atoms with E-state index in [1.54, 1.807) is 18.3 Å². The Hall–Kier alpha value is -1.78. The van der Waals surface area contributed by atoms with Crippen LogP contribution in [-0.2, 0) is 7.05 Å². The van der Waals surface area contributed by atoms with Crippen molar-refractivity contribution < 1.29 is 4.42 Å². The molecule has 62 valence electrons. The summed E-state index contributed by atoms with van der Waals surface area (Å²) < 4.78 is 7.07. The molecule has 2 rings (SSSR count). The van der Waals surface area contributed by atoms with Crippen LogP contribution in [0.1, 0.15) is 0 Å². The van der Waals surface area contributed by atoms with Crippen LogP contribution in [0.15, 0.2) is 32.3 Å². The predicted molar refractivity (Wildman–Crippen MR) is 41.2 cm³/mol. The van der Waals surface area contributed by atoms with E-state index in [0.29, 0.717) is 5.52 Å². The fraction of sp³-hybridized carbons (Fsp3) is 0.143. The van der Waals surface area contributed by atoms with Gasteiger partial charge in [0.15, 0.2) is 0 Å². The van der Waals surface area contributed by atoms with Gasteiger partial charge in [-0.05, 0) is 12.1 Å². The summed E-state index contributed by atoms with van der Waals surface area (Å²) in [6, 6.07) is 3.26. The van der Waals surface area contributed by atoms with Crippen molar-refractivity contribution in [2.45, 2.75) is 0 Å². The van der Waals surface area contributed by atoms with Crippen molar-refractivity contribution in [3.63, 3.8) is 0 Å². The summed E-state index contributed by atoms with van der Waals surface area (Å²) in [6.07, 6.45) is 1.62. The average molecular weight is 166 g/mol. The molecule has 5 heteroatoms. The largest absolute Gasteiger partial charge is 0.436 e. The zero-order valence-electron chi connectivity index (χ0n) is 6.35. The number of nitrogens with zero attached hydrogens (tertiary/aromatic N) is 2. The highest BCUT2D eigenvalue weighted by Crippen LogP contribution is 1.93. The molecular weight excluding hydrogens is 160 g/mol. The fourth-order valence-electron chi connectivity index (χ4n) is 1.08. The molecule has 0 N–H and O–H groups in total. The fourth-order valence-corrected chi connectivity index (χ4v) is 1.08. The number of aryl methyl sites for hydroxylation is 1. The van der Waals surface area contributed by atoms with Gasteiger partial charge in [-0.25, -0.2) is 18.8 Å². The Labute approximate surface area is 66.4 Å². The zero-order valence-corrected chi connectivity index (χ0v) is 6.35. The second-order valence-corrected chi connectivity index (χ2v) is 2.42. The number of rotatable bonds is 0. The van der Waals surface area contributed by atoms with Crippen LogP contribution in [0.2, 0.25) is 0 Å². The van der Waals surface area contributed by atoms with Gasteiger partial charge >= 0.3 is 11.4 Å². The summed E-state index contributed by atoms with van der Waals surface area (Å²) in [7, 11) is 1.53. The number of hydrogen-bond acceptors (Lipinski definition) is 3. The van der Waals surface area contributed by atoms with E-state index in [0.717, 1.165) is 0 Å². The Morgan fingerprint density at radius 2 is 2.17 bits per heavy atom. The molecule has 2 aromatic heterocycles. The van der Waals surface area contributed by atoms with E-state index < -0.39 is 11.4 Å². The molecule has 12 heavy (non-hydrogen) atoms. The van der Waals surface area contributed by atoms with Crippen molar-refractivity contribution in [1.29, 1.82) is 0 Å². The highest BCUT2D eigenvalue weighted by molar-refractivity contribution is 5.42. The van der Waals surface area contributed by atoms with Gasteiger partial charge in [-0.2, -0.15) is 0 Å². The molecule has 0 saturated heterocycles. The van der Waals surface area contributed by atoms with Gasteiger partial charge in [-0.1, -0.05) is 0 Å². The Morgan fingerprint density at radius 3 is 2.92 bits per heavy atom. The topological polar surface area (TPSA) is 56.6 Å². The van der Waals surface area contributed by atoms with E-state index in [2.05, 4.69) is 4.42 Å². The molecule has 0 aliphatic heterocycles. The Morgan fingerprint density at radius 1 is 1.42 bits per heavy atom. The van der Waals surface area contributed by atoms with E-state index in [-0.39, 0.29) is 0 Å². The van der Waals surface area contributed by atoms with Gasteiger partial charge in [0.2, 0.25) is 0 Å². The van der Waals surface area contributed by atoms with Gasteiger partial charge in [0.1, 0.15) is 5.52 Å². The van der Waals surface area contributed by atoms with Crippen LogP contribution in [0.3, 0.4) is 0 Å². The van der Waals surface area contributed by atoms with E-state index in [9.17, 15) is 9.59 Å². The first-order chi connectivity index (χ1) is 5.70. The third-order valence-electron chi connectivity index (χ3n) is 1.70. The van der Waals surface area contributed by atoms with Crippen LogP contribution in [0.5, 0.6) is 0 Å². The summed E-state index contributed by atoms with van der Waals surface area (Å²) in [5.41, 5.74) is -0.250. The molecular formula is C7H6N2O3. The molecule has 2 aromatic rings. The van der Waals surface area contributed by atoms with Gasteiger partial charge in [0.05, 0.1) is 0 Å². The molecule has 0 aromatic carbocycles. The Balaban J connectivity index is 3.18. The maximum absolute atomic E-state index is 11.0. The van der Waals surface area contributed by atoms with Crippen LogP contribution < -0.4 is 11.4 Å². The summed E-state index contributed by atoms with van der Waals surface area (Å²) in [4.78, 5) is 21.9. The maximum Gasteiger partial charge on any atom is 0.436 e. The lowest BCUT2D eigenvalue weighted by Crippen LogP contribution is -2.27. The Kier molecular flexibility index (Phi) is 1.21. The van der Waals surface area contributed by atoms with Crippen LogP contribution in [-0.4, -0.2) is 9.20 Å². The molecule has 0 bridgehead atoms. The number of fused-ring (bicyclic) bond motifs is 1. The molecule has 0 fully saturated rings. The molecule has 0 atom stereocenters. The Bertz CT molecular complexity index is 531. The lowest BCUT2D eigenvalue weighted by Gasteiger charge is -1.98. The first-order valence-electron chi connectivity index (χ1n) is 3.37. The first-order valence-corrected chi connectivity index (χ1v) is 3.37. The predicted octanol–water partition coefficient (Wildman–Crippen LogP) is -0.409. The lowest BCUT2D eigenvalue weighted by molar-refractivity contribution is 0.389. The monoisotopic (exact) mass is 166 g/mol. The van der Waals surface area contributed by atoms with Crippen LogP contribution in [0.25, 0.3) is 5.52 Å². The molecule has 0 aliphatic rings. The quantitative estimate of drug-likeness (QED) is 0.534. The van der Waals surface area contributed by atoms with Crippen LogP contribution >= 0.6 is 0 Å². The number of hydrogen-bond donors (Lipinski definition) is 0. The lowest BCUT2D eigenvalue weighted by atomic mass is 10.5. The minimum absolute atomic E-state index is 0.358. The third-order valence-corrected chi connectivity index (χ3v) is 1.70. The van der Waals surface area contributed by atoms with Crippen molar-refractivity contribution in [3.05, 3.63) is 39.3 Å². The van der Waals surface area contributed by atoms with E-state index in [4.69, 9.17) is 0 Å². The smallest absolute Gasteiger partial charge is 0.370 e. The zero-order chi connectivity index (χ0) is 8.72. The van der Waals surface area contributed by atoms with E-state index in [1.165, 1.54) is 16.2 Å². The summed E-state index contributed by atoms with van der Waals surface area (Å²) >= 11 is 0. The minimum Gasteiger partial charge on any atom is -0.370 e. The van der Waals surface area contributed by atoms with Gasteiger partial charge in [0.25, 0.3) is 0 Å². The molecule has 5 nitrogen and oxygen atoms in total. The van der Waals surface area contributed by atoms with Crippen molar-refractivity contribution in [3.8, 4) is 0 Å². The molecule has 2 heterocycles. The van der Waals surface area contributed by atoms with Gasteiger partial charge < -0.3 is 4.42 Å². The van der Waals surface area contributed by atoms with E-state index >= 15 is 0 Å². The van der Waals surface area contributed by atoms with Gasteiger partial charge in [0, 0.05) is 13.2 Å². The van der Waals surface area contributed by atoms with Crippen molar-refractivity contribution in [2.75, 3.05) is 0 Å². The molecule has 0 unspecified atom stereocenters. The second kappa shape index (κ2) is 2.10. The molecule has 0 aliphatic carbocycles. The minimum atomic E-state index is -0.663. The normalized spacial score (nSPS) is 10.8. The highest BCUT2D eigenvalue weighted by atomic mass is 16.4. The van der Waals surface area contributed by atoms with Gasteiger partial charge in [-0.15, -0.1) is 0 Å². The standard InChI is InChI=1S/C7H6N2O3/c1-8-7(11)12-6(10)5-3-2-4-9(5)8/h2-4H,1H3. The maximum atomic E-state index is 11.0. The molecule has 0 radical (unpaired) electrons. The number of aromatic nitrogens is 2. The third kappa shape index (κ3) is 0.730. The van der Waals surface area contributed by atoms with Gasteiger partial charge in [-0.3, -0.25) is 0 Å². The first kappa shape index (κ1) is 6.90. The summed E-state index contributed by atoms with van der Waals surface area (Å²) in [5.74, 6) is -0.663. The van der Waals surface area contributed by atoms with Crippen LogP contribution in [0.4, 0.5) is 0 Å². The molecule has 0 spiro atoms. The molecule has 0 amide bonds. The van der Waals surface area contributed by atoms with Crippen molar-refractivity contribution >= 4 is 5.52 Å². The SMILES string of the molecule is Cn1c(=O)oc(=O)c2cccn21. The average Bonchev–Trinajstić information content (AvgIpc) is 2.48. The van der Waals surface area contributed by atoms with Crippen LogP contribution in [0, 0.1) is 0 Å². The summed E-state index contributed by atoms with van der Waals surface area (Å²) in [5, 5.41) is 0. The van der Waals surface area contributed by atoms with Crippen molar-refractivity contribution in [1.82, 2.24) is 9.20 Å². The highest BCUT2D eigenvalue weighted by Gasteiger charge is 2.03. The summed E-state index contributed by atoms with van der Waals surface area (Å²) in [6.45, 7) is 0. The van der Waals surface area contributed by atoms with Crippen molar-refractivity contribution in [2.24, 2.45) is 7.05 Å².